The SMILES string of the molecule is COc1ccc(CCNC(=O)c2csc(NC3CC3)n2)cc1. The first-order valence-electron chi connectivity index (χ1n) is 7.38. The summed E-state index contributed by atoms with van der Waals surface area (Å²) in [5, 5.41) is 8.84. The minimum Gasteiger partial charge on any atom is -0.497 e. The van der Waals surface area contributed by atoms with Crippen LogP contribution in [-0.4, -0.2) is 30.6 Å². The van der Waals surface area contributed by atoms with E-state index in [4.69, 9.17) is 4.74 Å². The number of nitrogens with one attached hydrogen (secondary N) is 2. The van der Waals surface area contributed by atoms with Crippen molar-refractivity contribution >= 4 is 22.4 Å². The number of hydrogen-bond donors (Lipinski definition) is 2. The average Bonchev–Trinajstić information content (AvgIpc) is 3.23. The second-order valence-corrected chi connectivity index (χ2v) is 6.17. The van der Waals surface area contributed by atoms with Gasteiger partial charge in [-0.15, -0.1) is 11.3 Å². The lowest BCUT2D eigenvalue weighted by atomic mass is 10.1. The second kappa shape index (κ2) is 6.79. The number of methoxy groups -OCH3 is 1. The number of anilines is 1. The Balaban J connectivity index is 1.45. The third kappa shape index (κ3) is 3.98. The van der Waals surface area contributed by atoms with E-state index in [-0.39, 0.29) is 5.91 Å². The molecule has 6 heteroatoms. The van der Waals surface area contributed by atoms with Gasteiger partial charge in [0, 0.05) is 18.0 Å². The van der Waals surface area contributed by atoms with E-state index in [9.17, 15) is 4.79 Å². The monoisotopic (exact) mass is 317 g/mol. The molecule has 1 saturated carbocycles. The van der Waals surface area contributed by atoms with Gasteiger partial charge in [0.05, 0.1) is 7.11 Å². The lowest BCUT2D eigenvalue weighted by Gasteiger charge is -2.05. The van der Waals surface area contributed by atoms with Gasteiger partial charge in [-0.2, -0.15) is 0 Å². The zero-order chi connectivity index (χ0) is 15.4. The molecule has 1 aliphatic carbocycles. The maximum Gasteiger partial charge on any atom is 0.270 e. The number of aromatic nitrogens is 1. The molecule has 5 nitrogen and oxygen atoms in total. The first-order chi connectivity index (χ1) is 10.7. The van der Waals surface area contributed by atoms with Crippen LogP contribution >= 0.6 is 11.3 Å². The Hall–Kier alpha value is -2.08. The van der Waals surface area contributed by atoms with Crippen molar-refractivity contribution in [2.75, 3.05) is 19.0 Å². The van der Waals surface area contributed by atoms with Gasteiger partial charge in [-0.3, -0.25) is 4.79 Å². The molecule has 1 heterocycles. The van der Waals surface area contributed by atoms with Crippen molar-refractivity contribution in [1.82, 2.24) is 10.3 Å². The summed E-state index contributed by atoms with van der Waals surface area (Å²) in [7, 11) is 1.65. The number of nitrogens with zero attached hydrogens (tertiary/aromatic N) is 1. The molecular weight excluding hydrogens is 298 g/mol. The Kier molecular flexibility index (Phi) is 4.58. The minimum atomic E-state index is -0.117. The zero-order valence-electron chi connectivity index (χ0n) is 12.5. The first-order valence-corrected chi connectivity index (χ1v) is 8.26. The van der Waals surface area contributed by atoms with E-state index >= 15 is 0 Å². The molecule has 0 atom stereocenters. The highest BCUT2D eigenvalue weighted by Gasteiger charge is 2.22. The number of ether oxygens (including phenoxy) is 1. The fourth-order valence-electron chi connectivity index (χ4n) is 2.05. The first kappa shape index (κ1) is 14.8. The standard InChI is InChI=1S/C16H19N3O2S/c1-21-13-6-2-11(3-7-13)8-9-17-15(20)14-10-22-16(19-14)18-12-4-5-12/h2-3,6-7,10,12H,4-5,8-9H2,1H3,(H,17,20)(H,18,19). The molecular formula is C16H19N3O2S. The topological polar surface area (TPSA) is 63.2 Å². The molecule has 22 heavy (non-hydrogen) atoms. The highest BCUT2D eigenvalue weighted by molar-refractivity contribution is 7.13. The van der Waals surface area contributed by atoms with Gasteiger partial charge in [0.1, 0.15) is 11.4 Å². The van der Waals surface area contributed by atoms with Crippen LogP contribution < -0.4 is 15.4 Å². The summed E-state index contributed by atoms with van der Waals surface area (Å²) in [5.41, 5.74) is 1.65. The Morgan fingerprint density at radius 3 is 2.82 bits per heavy atom. The van der Waals surface area contributed by atoms with Gasteiger partial charge in [0.15, 0.2) is 5.13 Å². The largest absolute Gasteiger partial charge is 0.497 e. The molecule has 0 saturated heterocycles. The molecule has 0 spiro atoms. The van der Waals surface area contributed by atoms with E-state index in [0.717, 1.165) is 22.9 Å². The molecule has 2 aromatic rings. The van der Waals surface area contributed by atoms with E-state index < -0.39 is 0 Å². The summed E-state index contributed by atoms with van der Waals surface area (Å²) in [6.45, 7) is 0.591. The maximum atomic E-state index is 12.0. The third-order valence-corrected chi connectivity index (χ3v) is 4.27. The second-order valence-electron chi connectivity index (χ2n) is 5.31. The molecule has 0 bridgehead atoms. The molecule has 0 radical (unpaired) electrons. The average molecular weight is 317 g/mol. The highest BCUT2D eigenvalue weighted by atomic mass is 32.1. The van der Waals surface area contributed by atoms with Gasteiger partial charge in [-0.05, 0) is 37.0 Å². The number of carbonyl (C=O) groups excluding carboxylic acids is 1. The molecule has 0 aliphatic heterocycles. The van der Waals surface area contributed by atoms with E-state index in [2.05, 4.69) is 15.6 Å². The van der Waals surface area contributed by atoms with Gasteiger partial charge in [-0.1, -0.05) is 12.1 Å². The summed E-state index contributed by atoms with van der Waals surface area (Å²) >= 11 is 1.48. The Morgan fingerprint density at radius 1 is 1.36 bits per heavy atom. The fourth-order valence-corrected chi connectivity index (χ4v) is 2.82. The lowest BCUT2D eigenvalue weighted by molar-refractivity contribution is 0.0950. The summed E-state index contributed by atoms with van der Waals surface area (Å²) < 4.78 is 5.12. The summed E-state index contributed by atoms with van der Waals surface area (Å²) in [4.78, 5) is 16.4. The van der Waals surface area contributed by atoms with E-state index in [1.54, 1.807) is 12.5 Å². The van der Waals surface area contributed by atoms with E-state index in [0.29, 0.717) is 18.3 Å². The van der Waals surface area contributed by atoms with Crippen LogP contribution in [0.25, 0.3) is 0 Å². The number of amides is 1. The smallest absolute Gasteiger partial charge is 0.270 e. The zero-order valence-corrected chi connectivity index (χ0v) is 13.3. The van der Waals surface area contributed by atoms with Crippen LogP contribution in [0.1, 0.15) is 28.9 Å². The lowest BCUT2D eigenvalue weighted by Crippen LogP contribution is -2.26. The van der Waals surface area contributed by atoms with Crippen LogP contribution in [0.2, 0.25) is 0 Å². The van der Waals surface area contributed by atoms with Crippen molar-refractivity contribution < 1.29 is 9.53 Å². The Labute approximate surface area is 133 Å². The van der Waals surface area contributed by atoms with Crippen LogP contribution in [0.4, 0.5) is 5.13 Å². The van der Waals surface area contributed by atoms with Gasteiger partial charge in [0.2, 0.25) is 0 Å². The summed E-state index contributed by atoms with van der Waals surface area (Å²) in [6.07, 6.45) is 3.18. The van der Waals surface area contributed by atoms with Crippen molar-refractivity contribution in [1.29, 1.82) is 0 Å². The van der Waals surface area contributed by atoms with E-state index in [1.807, 2.05) is 24.3 Å². The van der Waals surface area contributed by atoms with Crippen LogP contribution in [0, 0.1) is 0 Å². The number of hydrogen-bond acceptors (Lipinski definition) is 5. The molecule has 1 aromatic carbocycles. The molecule has 116 valence electrons. The normalized spacial score (nSPS) is 13.7. The minimum absolute atomic E-state index is 0.117. The quantitative estimate of drug-likeness (QED) is 0.824. The number of benzene rings is 1. The number of carbonyl (C=O) groups is 1. The fraction of sp³-hybridized carbons (Fsp3) is 0.375. The van der Waals surface area contributed by atoms with E-state index in [1.165, 1.54) is 24.2 Å². The molecule has 1 aromatic heterocycles. The highest BCUT2D eigenvalue weighted by Crippen LogP contribution is 2.26. The van der Waals surface area contributed by atoms with Crippen molar-refractivity contribution in [3.05, 3.63) is 40.9 Å². The number of rotatable bonds is 7. The van der Waals surface area contributed by atoms with Crippen LogP contribution in [0.5, 0.6) is 5.75 Å². The number of thiazole rings is 1. The predicted molar refractivity (Wildman–Crippen MR) is 87.8 cm³/mol. The molecule has 1 aliphatic rings. The predicted octanol–water partition coefficient (Wildman–Crippen LogP) is 2.70. The van der Waals surface area contributed by atoms with Crippen LogP contribution in [0.3, 0.4) is 0 Å². The van der Waals surface area contributed by atoms with Crippen molar-refractivity contribution in [2.24, 2.45) is 0 Å². The van der Waals surface area contributed by atoms with Crippen LogP contribution in [0.15, 0.2) is 29.6 Å². The Morgan fingerprint density at radius 2 is 2.14 bits per heavy atom. The Bertz CT molecular complexity index is 635. The van der Waals surface area contributed by atoms with Gasteiger partial charge in [-0.25, -0.2) is 4.98 Å². The third-order valence-electron chi connectivity index (χ3n) is 3.50. The summed E-state index contributed by atoms with van der Waals surface area (Å²) in [5.74, 6) is 0.722. The molecule has 3 rings (SSSR count). The van der Waals surface area contributed by atoms with Crippen molar-refractivity contribution in [3.63, 3.8) is 0 Å². The van der Waals surface area contributed by atoms with Crippen molar-refractivity contribution in [3.8, 4) is 5.75 Å². The summed E-state index contributed by atoms with van der Waals surface area (Å²) in [6, 6.07) is 8.41. The van der Waals surface area contributed by atoms with Gasteiger partial charge < -0.3 is 15.4 Å². The molecule has 2 N–H and O–H groups in total. The van der Waals surface area contributed by atoms with Crippen molar-refractivity contribution in [2.45, 2.75) is 25.3 Å². The molecule has 1 amide bonds. The van der Waals surface area contributed by atoms with Crippen LogP contribution in [-0.2, 0) is 6.42 Å². The molecule has 1 fully saturated rings. The molecule has 0 unspecified atom stereocenters. The maximum absolute atomic E-state index is 12.0. The van der Waals surface area contributed by atoms with Gasteiger partial charge >= 0.3 is 0 Å². The van der Waals surface area contributed by atoms with Gasteiger partial charge in [0.25, 0.3) is 5.91 Å².